The summed E-state index contributed by atoms with van der Waals surface area (Å²) in [5.74, 6) is 1.78. The number of nitrogens with zero attached hydrogens (tertiary/aromatic N) is 2. The first-order valence-corrected chi connectivity index (χ1v) is 7.17. The lowest BCUT2D eigenvalue weighted by Crippen LogP contribution is -2.37. The van der Waals surface area contributed by atoms with Gasteiger partial charge in [0.1, 0.15) is 5.82 Å². The van der Waals surface area contributed by atoms with Crippen LogP contribution < -0.4 is 0 Å². The maximum Gasteiger partial charge on any atom is 0.111 e. The number of hydrogen-bond donors (Lipinski definition) is 1. The predicted molar refractivity (Wildman–Crippen MR) is 76.0 cm³/mol. The molecule has 3 nitrogen and oxygen atoms in total. The van der Waals surface area contributed by atoms with Crippen LogP contribution >= 0.6 is 0 Å². The molecule has 0 aromatic carbocycles. The van der Waals surface area contributed by atoms with E-state index in [1.54, 1.807) is 0 Å². The van der Waals surface area contributed by atoms with Gasteiger partial charge in [-0.1, -0.05) is 20.8 Å². The summed E-state index contributed by atoms with van der Waals surface area (Å²) in [6, 6.07) is 0.679. The van der Waals surface area contributed by atoms with Gasteiger partial charge in [0.05, 0.1) is 0 Å². The van der Waals surface area contributed by atoms with Crippen molar-refractivity contribution in [3.8, 4) is 0 Å². The van der Waals surface area contributed by atoms with E-state index in [1.807, 2.05) is 0 Å². The highest BCUT2D eigenvalue weighted by atomic mass is 15.1. The zero-order valence-corrected chi connectivity index (χ0v) is 12.5. The first-order valence-electron chi connectivity index (χ1n) is 7.17. The highest BCUT2D eigenvalue weighted by molar-refractivity contribution is 5.13. The zero-order valence-electron chi connectivity index (χ0n) is 12.5. The van der Waals surface area contributed by atoms with E-state index >= 15 is 0 Å². The summed E-state index contributed by atoms with van der Waals surface area (Å²) < 4.78 is 0. The quantitative estimate of drug-likeness (QED) is 0.872. The fourth-order valence-electron chi connectivity index (χ4n) is 2.65. The highest BCUT2D eigenvalue weighted by Gasteiger charge is 2.25. The third kappa shape index (κ3) is 2.94. The number of H-pyrrole nitrogens is 1. The molecule has 1 fully saturated rings. The average molecular weight is 249 g/mol. The van der Waals surface area contributed by atoms with Crippen LogP contribution in [-0.4, -0.2) is 34.0 Å². The summed E-state index contributed by atoms with van der Waals surface area (Å²) in [7, 11) is 0. The van der Waals surface area contributed by atoms with Crippen molar-refractivity contribution in [3.63, 3.8) is 0 Å². The maximum absolute atomic E-state index is 4.55. The molecule has 2 rings (SSSR count). The Kier molecular flexibility index (Phi) is 3.81. The molecular weight excluding hydrogens is 222 g/mol. The van der Waals surface area contributed by atoms with Crippen LogP contribution in [-0.2, 0) is 5.41 Å². The van der Waals surface area contributed by atoms with E-state index in [0.717, 1.165) is 5.82 Å². The molecule has 2 heterocycles. The molecule has 0 saturated carbocycles. The number of nitrogens with one attached hydrogen (secondary N) is 1. The van der Waals surface area contributed by atoms with Crippen LogP contribution in [0.25, 0.3) is 0 Å². The van der Waals surface area contributed by atoms with Gasteiger partial charge in [0.2, 0.25) is 0 Å². The van der Waals surface area contributed by atoms with E-state index < -0.39 is 0 Å². The minimum absolute atomic E-state index is 0.122. The van der Waals surface area contributed by atoms with Crippen molar-refractivity contribution in [2.24, 2.45) is 0 Å². The van der Waals surface area contributed by atoms with Crippen molar-refractivity contribution in [1.29, 1.82) is 0 Å². The molecule has 102 valence electrons. The summed E-state index contributed by atoms with van der Waals surface area (Å²) in [5.41, 5.74) is 1.46. The normalized spacial score (nSPS) is 19.7. The third-order valence-corrected chi connectivity index (χ3v) is 4.01. The Bertz CT molecular complexity index is 379. The molecular formula is C15H27N3. The SMILES string of the molecule is CC(C)N1CCC(c2cnc(C(C)(C)C)[nH]2)CC1. The molecule has 0 aliphatic carbocycles. The number of rotatable bonds is 2. The van der Waals surface area contributed by atoms with Crippen molar-refractivity contribution in [2.45, 2.75) is 64.8 Å². The monoisotopic (exact) mass is 249 g/mol. The molecule has 1 saturated heterocycles. The number of piperidine rings is 1. The Morgan fingerprint density at radius 2 is 1.89 bits per heavy atom. The lowest BCUT2D eigenvalue weighted by molar-refractivity contribution is 0.171. The molecule has 18 heavy (non-hydrogen) atoms. The van der Waals surface area contributed by atoms with E-state index in [4.69, 9.17) is 0 Å². The largest absolute Gasteiger partial charge is 0.345 e. The van der Waals surface area contributed by atoms with Gasteiger partial charge in [-0.15, -0.1) is 0 Å². The minimum Gasteiger partial charge on any atom is -0.345 e. The van der Waals surface area contributed by atoms with Gasteiger partial charge in [-0.3, -0.25) is 0 Å². The Labute approximate surface area is 111 Å². The highest BCUT2D eigenvalue weighted by Crippen LogP contribution is 2.29. The fourth-order valence-corrected chi connectivity index (χ4v) is 2.65. The lowest BCUT2D eigenvalue weighted by Gasteiger charge is -2.34. The molecule has 0 bridgehead atoms. The van der Waals surface area contributed by atoms with E-state index in [0.29, 0.717) is 12.0 Å². The van der Waals surface area contributed by atoms with Crippen molar-refractivity contribution in [2.75, 3.05) is 13.1 Å². The summed E-state index contributed by atoms with van der Waals surface area (Å²) in [4.78, 5) is 10.7. The van der Waals surface area contributed by atoms with Gasteiger partial charge in [0.25, 0.3) is 0 Å². The molecule has 1 aliphatic rings. The van der Waals surface area contributed by atoms with Gasteiger partial charge in [-0.05, 0) is 39.8 Å². The summed E-state index contributed by atoms with van der Waals surface area (Å²) in [6.45, 7) is 13.6. The van der Waals surface area contributed by atoms with Gasteiger partial charge in [-0.2, -0.15) is 0 Å². The van der Waals surface area contributed by atoms with Gasteiger partial charge >= 0.3 is 0 Å². The summed E-state index contributed by atoms with van der Waals surface area (Å²) in [5, 5.41) is 0. The molecule has 0 radical (unpaired) electrons. The minimum atomic E-state index is 0.122. The van der Waals surface area contributed by atoms with Crippen molar-refractivity contribution < 1.29 is 0 Å². The summed E-state index contributed by atoms with van der Waals surface area (Å²) in [6.07, 6.45) is 4.56. The Morgan fingerprint density at radius 1 is 1.28 bits per heavy atom. The van der Waals surface area contributed by atoms with Crippen molar-refractivity contribution in [3.05, 3.63) is 17.7 Å². The molecule has 1 aliphatic heterocycles. The third-order valence-electron chi connectivity index (χ3n) is 4.01. The number of imidazole rings is 1. The second-order valence-electron chi connectivity index (χ2n) is 6.84. The van der Waals surface area contributed by atoms with Gasteiger partial charge in [-0.25, -0.2) is 4.98 Å². The van der Waals surface area contributed by atoms with E-state index in [-0.39, 0.29) is 5.41 Å². The number of hydrogen-bond acceptors (Lipinski definition) is 2. The van der Waals surface area contributed by atoms with E-state index in [2.05, 4.69) is 55.7 Å². The Balaban J connectivity index is 2.00. The Hall–Kier alpha value is -0.830. The van der Waals surface area contributed by atoms with Crippen LogP contribution in [0.5, 0.6) is 0 Å². The topological polar surface area (TPSA) is 31.9 Å². The molecule has 1 aromatic heterocycles. The molecule has 1 N–H and O–H groups in total. The van der Waals surface area contributed by atoms with Crippen LogP contribution in [0.4, 0.5) is 0 Å². The van der Waals surface area contributed by atoms with Crippen LogP contribution in [0.1, 0.15) is 64.9 Å². The second-order valence-corrected chi connectivity index (χ2v) is 6.84. The summed E-state index contributed by atoms with van der Waals surface area (Å²) >= 11 is 0. The maximum atomic E-state index is 4.55. The number of likely N-dealkylation sites (tertiary alicyclic amines) is 1. The predicted octanol–water partition coefficient (Wildman–Crippen LogP) is 3.30. The molecule has 1 aromatic rings. The van der Waals surface area contributed by atoms with Gasteiger partial charge in [0, 0.05) is 29.3 Å². The Morgan fingerprint density at radius 3 is 2.33 bits per heavy atom. The standard InChI is InChI=1S/C15H27N3/c1-11(2)18-8-6-12(7-9-18)13-10-16-14(17-13)15(3,4)5/h10-12H,6-9H2,1-5H3,(H,16,17). The molecule has 0 amide bonds. The first-order chi connectivity index (χ1) is 8.38. The lowest BCUT2D eigenvalue weighted by atomic mass is 9.93. The second kappa shape index (κ2) is 5.04. The van der Waals surface area contributed by atoms with Crippen molar-refractivity contribution in [1.82, 2.24) is 14.9 Å². The van der Waals surface area contributed by atoms with Crippen LogP contribution in [0.3, 0.4) is 0 Å². The van der Waals surface area contributed by atoms with Gasteiger partial charge < -0.3 is 9.88 Å². The molecule has 0 spiro atoms. The van der Waals surface area contributed by atoms with Crippen molar-refractivity contribution >= 4 is 0 Å². The molecule has 0 atom stereocenters. The molecule has 3 heteroatoms. The van der Waals surface area contributed by atoms with Crippen LogP contribution in [0, 0.1) is 0 Å². The van der Waals surface area contributed by atoms with Crippen LogP contribution in [0.15, 0.2) is 6.20 Å². The number of aromatic amines is 1. The van der Waals surface area contributed by atoms with Crippen LogP contribution in [0.2, 0.25) is 0 Å². The smallest absolute Gasteiger partial charge is 0.111 e. The number of aromatic nitrogens is 2. The average Bonchev–Trinajstić information content (AvgIpc) is 2.78. The zero-order chi connectivity index (χ0) is 13.3. The van der Waals surface area contributed by atoms with E-state index in [9.17, 15) is 0 Å². The van der Waals surface area contributed by atoms with Gasteiger partial charge in [0.15, 0.2) is 0 Å². The van der Waals surface area contributed by atoms with E-state index in [1.165, 1.54) is 31.6 Å². The molecule has 0 unspecified atom stereocenters. The fraction of sp³-hybridized carbons (Fsp3) is 0.800. The first kappa shape index (κ1) is 13.6.